The second kappa shape index (κ2) is 6.16. The zero-order chi connectivity index (χ0) is 17.2. The first-order chi connectivity index (χ1) is 12.2. The molecule has 0 spiro atoms. The lowest BCUT2D eigenvalue weighted by Gasteiger charge is -2.08. The van der Waals surface area contributed by atoms with Gasteiger partial charge in [-0.15, -0.1) is 0 Å². The molecule has 0 aliphatic rings. The molecule has 0 unspecified atom stereocenters. The predicted molar refractivity (Wildman–Crippen MR) is 95.3 cm³/mol. The Bertz CT molecular complexity index is 1150. The standard InChI is InChI=1S/C19H14N4O2/c24-18(13-9-10-20-15-7-3-1-5-12(13)15)21-11-17-22-16-8-4-2-6-14(16)19(25)23-17/h1-10H,11H2,(H,21,24)(H,22,23,25). The van der Waals surface area contributed by atoms with E-state index in [0.29, 0.717) is 22.3 Å². The maximum absolute atomic E-state index is 12.5. The third kappa shape index (κ3) is 2.85. The quantitative estimate of drug-likeness (QED) is 0.604. The lowest BCUT2D eigenvalue weighted by molar-refractivity contribution is 0.0951. The first kappa shape index (κ1) is 15.0. The summed E-state index contributed by atoms with van der Waals surface area (Å²) in [4.78, 5) is 35.9. The molecule has 2 aromatic carbocycles. The van der Waals surface area contributed by atoms with Crippen LogP contribution in [0, 0.1) is 0 Å². The smallest absolute Gasteiger partial charge is 0.258 e. The fourth-order valence-electron chi connectivity index (χ4n) is 2.77. The van der Waals surface area contributed by atoms with Gasteiger partial charge < -0.3 is 10.3 Å². The summed E-state index contributed by atoms with van der Waals surface area (Å²) in [6.07, 6.45) is 1.60. The summed E-state index contributed by atoms with van der Waals surface area (Å²) in [6, 6.07) is 16.2. The van der Waals surface area contributed by atoms with E-state index < -0.39 is 0 Å². The van der Waals surface area contributed by atoms with Gasteiger partial charge in [0.25, 0.3) is 11.5 Å². The van der Waals surface area contributed by atoms with Crippen molar-refractivity contribution in [1.82, 2.24) is 20.3 Å². The van der Waals surface area contributed by atoms with Crippen molar-refractivity contribution in [3.8, 4) is 0 Å². The van der Waals surface area contributed by atoms with Gasteiger partial charge in [-0.1, -0.05) is 30.3 Å². The predicted octanol–water partition coefficient (Wildman–Crippen LogP) is 2.40. The van der Waals surface area contributed by atoms with Crippen LogP contribution < -0.4 is 10.9 Å². The maximum atomic E-state index is 12.5. The number of carbonyl (C=O) groups excluding carboxylic acids is 1. The van der Waals surface area contributed by atoms with Gasteiger partial charge in [0, 0.05) is 11.6 Å². The van der Waals surface area contributed by atoms with E-state index >= 15 is 0 Å². The molecular formula is C19H14N4O2. The molecule has 0 saturated heterocycles. The van der Waals surface area contributed by atoms with Crippen LogP contribution in [0.3, 0.4) is 0 Å². The summed E-state index contributed by atoms with van der Waals surface area (Å²) >= 11 is 0. The van der Waals surface area contributed by atoms with E-state index in [1.807, 2.05) is 30.3 Å². The molecule has 0 bridgehead atoms. The minimum atomic E-state index is -0.241. The number of nitrogens with zero attached hydrogens (tertiary/aromatic N) is 2. The Morgan fingerprint density at radius 3 is 2.52 bits per heavy atom. The number of rotatable bonds is 3. The molecule has 0 saturated carbocycles. The summed E-state index contributed by atoms with van der Waals surface area (Å²) < 4.78 is 0. The Labute approximate surface area is 142 Å². The average molecular weight is 330 g/mol. The number of nitrogens with one attached hydrogen (secondary N) is 2. The van der Waals surface area contributed by atoms with E-state index in [-0.39, 0.29) is 18.0 Å². The van der Waals surface area contributed by atoms with Crippen LogP contribution in [0.25, 0.3) is 21.8 Å². The lowest BCUT2D eigenvalue weighted by atomic mass is 10.1. The Hall–Kier alpha value is -3.54. The number of para-hydroxylation sites is 2. The van der Waals surface area contributed by atoms with Gasteiger partial charge in [-0.2, -0.15) is 0 Å². The van der Waals surface area contributed by atoms with Gasteiger partial charge in [-0.05, 0) is 24.3 Å². The van der Waals surface area contributed by atoms with Gasteiger partial charge in [-0.3, -0.25) is 14.6 Å². The molecule has 25 heavy (non-hydrogen) atoms. The van der Waals surface area contributed by atoms with Crippen LogP contribution in [0.15, 0.2) is 65.6 Å². The highest BCUT2D eigenvalue weighted by molar-refractivity contribution is 6.05. The van der Waals surface area contributed by atoms with Gasteiger partial charge in [0.1, 0.15) is 5.82 Å². The van der Waals surface area contributed by atoms with Crippen LogP contribution in [-0.2, 0) is 6.54 Å². The number of aromatic nitrogens is 3. The first-order valence-electron chi connectivity index (χ1n) is 7.82. The third-order valence-corrected chi connectivity index (χ3v) is 3.97. The number of fused-ring (bicyclic) bond motifs is 2. The van der Waals surface area contributed by atoms with Crippen molar-refractivity contribution in [2.24, 2.45) is 0 Å². The molecule has 6 nitrogen and oxygen atoms in total. The number of hydrogen-bond acceptors (Lipinski definition) is 4. The number of benzene rings is 2. The summed E-state index contributed by atoms with van der Waals surface area (Å²) in [6.45, 7) is 0.134. The first-order valence-corrected chi connectivity index (χ1v) is 7.82. The van der Waals surface area contributed by atoms with Crippen molar-refractivity contribution in [3.05, 3.63) is 82.5 Å². The highest BCUT2D eigenvalue weighted by Gasteiger charge is 2.11. The molecule has 122 valence electrons. The van der Waals surface area contributed by atoms with E-state index in [4.69, 9.17) is 0 Å². The highest BCUT2D eigenvalue weighted by Crippen LogP contribution is 2.16. The molecule has 4 rings (SSSR count). The van der Waals surface area contributed by atoms with E-state index in [1.54, 1.807) is 30.5 Å². The average Bonchev–Trinajstić information content (AvgIpc) is 2.66. The van der Waals surface area contributed by atoms with E-state index in [0.717, 1.165) is 10.9 Å². The minimum Gasteiger partial charge on any atom is -0.345 e. The van der Waals surface area contributed by atoms with Crippen LogP contribution in [0.2, 0.25) is 0 Å². The van der Waals surface area contributed by atoms with Gasteiger partial charge in [0.15, 0.2) is 0 Å². The number of hydrogen-bond donors (Lipinski definition) is 2. The molecule has 1 amide bonds. The van der Waals surface area contributed by atoms with Crippen LogP contribution in [0.1, 0.15) is 16.2 Å². The second-order valence-electron chi connectivity index (χ2n) is 5.59. The monoisotopic (exact) mass is 330 g/mol. The van der Waals surface area contributed by atoms with Gasteiger partial charge in [0.05, 0.1) is 28.5 Å². The number of pyridine rings is 1. The molecule has 0 aliphatic heterocycles. The highest BCUT2D eigenvalue weighted by atomic mass is 16.1. The summed E-state index contributed by atoms with van der Waals surface area (Å²) in [5, 5.41) is 4.11. The Morgan fingerprint density at radius 1 is 0.960 bits per heavy atom. The third-order valence-electron chi connectivity index (χ3n) is 3.97. The van der Waals surface area contributed by atoms with E-state index in [2.05, 4.69) is 20.3 Å². The van der Waals surface area contributed by atoms with E-state index in [9.17, 15) is 9.59 Å². The molecule has 2 heterocycles. The maximum Gasteiger partial charge on any atom is 0.258 e. The second-order valence-corrected chi connectivity index (χ2v) is 5.59. The molecule has 0 atom stereocenters. The summed E-state index contributed by atoms with van der Waals surface area (Å²) in [7, 11) is 0. The zero-order valence-electron chi connectivity index (χ0n) is 13.2. The molecule has 6 heteroatoms. The Morgan fingerprint density at radius 2 is 1.68 bits per heavy atom. The summed E-state index contributed by atoms with van der Waals surface area (Å²) in [5.74, 6) is 0.171. The number of H-pyrrole nitrogens is 1. The topological polar surface area (TPSA) is 87.7 Å². The fourth-order valence-corrected chi connectivity index (χ4v) is 2.77. The number of carbonyl (C=O) groups is 1. The minimum absolute atomic E-state index is 0.134. The molecular weight excluding hydrogens is 316 g/mol. The van der Waals surface area contributed by atoms with Crippen LogP contribution in [-0.4, -0.2) is 20.9 Å². The Kier molecular flexibility index (Phi) is 3.70. The van der Waals surface area contributed by atoms with Crippen molar-refractivity contribution in [2.45, 2.75) is 6.54 Å². The molecule has 2 N–H and O–H groups in total. The fraction of sp³-hybridized carbons (Fsp3) is 0.0526. The zero-order valence-corrected chi connectivity index (χ0v) is 13.2. The van der Waals surface area contributed by atoms with Crippen molar-refractivity contribution in [3.63, 3.8) is 0 Å². The molecule has 0 aliphatic carbocycles. The molecule has 0 radical (unpaired) electrons. The SMILES string of the molecule is O=C(NCc1nc2ccccc2c(=O)[nH]1)c1ccnc2ccccc12. The number of aromatic amines is 1. The van der Waals surface area contributed by atoms with Crippen LogP contribution in [0.4, 0.5) is 0 Å². The van der Waals surface area contributed by atoms with Crippen LogP contribution >= 0.6 is 0 Å². The van der Waals surface area contributed by atoms with Crippen LogP contribution in [0.5, 0.6) is 0 Å². The van der Waals surface area contributed by atoms with Crippen molar-refractivity contribution in [1.29, 1.82) is 0 Å². The Balaban J connectivity index is 1.61. The van der Waals surface area contributed by atoms with E-state index in [1.165, 1.54) is 0 Å². The van der Waals surface area contributed by atoms with Gasteiger partial charge in [0.2, 0.25) is 0 Å². The van der Waals surface area contributed by atoms with Crippen molar-refractivity contribution < 1.29 is 4.79 Å². The largest absolute Gasteiger partial charge is 0.345 e. The molecule has 0 fully saturated rings. The lowest BCUT2D eigenvalue weighted by Crippen LogP contribution is -2.25. The van der Waals surface area contributed by atoms with Gasteiger partial charge in [-0.25, -0.2) is 4.98 Å². The van der Waals surface area contributed by atoms with Crippen molar-refractivity contribution >= 4 is 27.7 Å². The normalized spacial score (nSPS) is 10.9. The van der Waals surface area contributed by atoms with Gasteiger partial charge >= 0.3 is 0 Å². The van der Waals surface area contributed by atoms with Crippen molar-refractivity contribution in [2.75, 3.05) is 0 Å². The number of amides is 1. The summed E-state index contributed by atoms with van der Waals surface area (Å²) in [5.41, 5.74) is 1.68. The molecule has 4 aromatic rings. The molecule has 2 aromatic heterocycles.